The Labute approximate surface area is 180 Å². The number of rotatable bonds is 12. The Morgan fingerprint density at radius 1 is 1.13 bits per heavy atom. The monoisotopic (exact) mass is 438 g/mol. The molecule has 0 aliphatic carbocycles. The van der Waals surface area contributed by atoms with E-state index in [9.17, 15) is 18.0 Å². The Kier molecular flexibility index (Phi) is 11.2. The first-order valence-electron chi connectivity index (χ1n) is 10.3. The van der Waals surface area contributed by atoms with Crippen molar-refractivity contribution in [3.05, 3.63) is 47.4 Å². The van der Waals surface area contributed by atoms with Gasteiger partial charge in [-0.25, -0.2) is 13.2 Å². The van der Waals surface area contributed by atoms with E-state index in [1.807, 2.05) is 51.1 Å². The molecule has 0 fully saturated rings. The number of alkyl carbamates (subject to hydrolysis) is 1. The molecule has 7 nitrogen and oxygen atoms in total. The highest BCUT2D eigenvalue weighted by molar-refractivity contribution is 7.93. The van der Waals surface area contributed by atoms with Crippen LogP contribution in [0.25, 0.3) is 0 Å². The van der Waals surface area contributed by atoms with Gasteiger partial charge >= 0.3 is 6.09 Å². The number of unbranched alkanes of at least 4 members (excludes halogenated alkanes) is 1. The first kappa shape index (κ1) is 25.7. The fourth-order valence-electron chi connectivity index (χ4n) is 2.77. The summed E-state index contributed by atoms with van der Waals surface area (Å²) in [7, 11) is -3.29. The van der Waals surface area contributed by atoms with Crippen LogP contribution in [0.4, 0.5) is 4.79 Å². The zero-order valence-corrected chi connectivity index (χ0v) is 19.1. The molecule has 0 aliphatic heterocycles. The van der Waals surface area contributed by atoms with Crippen LogP contribution in [0.2, 0.25) is 0 Å². The lowest BCUT2D eigenvalue weighted by Crippen LogP contribution is -2.50. The average molecular weight is 439 g/mol. The predicted molar refractivity (Wildman–Crippen MR) is 118 cm³/mol. The molecule has 1 aromatic carbocycles. The number of hydrogen-bond donors (Lipinski definition) is 2. The number of amides is 2. The smallest absolute Gasteiger partial charge is 0.408 e. The number of benzene rings is 1. The van der Waals surface area contributed by atoms with Gasteiger partial charge in [0.15, 0.2) is 9.84 Å². The maximum absolute atomic E-state index is 12.8. The largest absolute Gasteiger partial charge is 0.445 e. The van der Waals surface area contributed by atoms with Crippen molar-refractivity contribution in [2.45, 2.75) is 65.1 Å². The number of ether oxygens (including phenoxy) is 1. The molecule has 0 aromatic heterocycles. The van der Waals surface area contributed by atoms with Gasteiger partial charge in [-0.15, -0.1) is 0 Å². The molecular formula is C22H34N2O5S. The number of carbonyl (C=O) groups is 2. The van der Waals surface area contributed by atoms with Gasteiger partial charge < -0.3 is 15.4 Å². The molecule has 0 saturated carbocycles. The predicted octanol–water partition coefficient (Wildman–Crippen LogP) is 3.56. The minimum atomic E-state index is -3.29. The highest BCUT2D eigenvalue weighted by Gasteiger charge is 2.24. The number of sulfone groups is 1. The van der Waals surface area contributed by atoms with Crippen LogP contribution in [0.15, 0.2) is 41.8 Å². The Morgan fingerprint density at radius 3 is 2.37 bits per heavy atom. The standard InChI is InChI=1S/C22H34N2O5S/c1-5-6-12-19(13-14-30(4,27)28)23-21(25)20(15-17(2)3)24-22(26)29-16-18-10-8-7-9-11-18/h7-11,13-14,17,19-20H,5-6,12,15-16H2,1-4H3,(H,23,25)(H,24,26)/b14-13+/t19-,20-/m0/s1. The molecule has 2 amide bonds. The lowest BCUT2D eigenvalue weighted by atomic mass is 10.0. The van der Waals surface area contributed by atoms with Crippen LogP contribution >= 0.6 is 0 Å². The van der Waals surface area contributed by atoms with Gasteiger partial charge in [0.05, 0.1) is 0 Å². The Bertz CT molecular complexity index is 791. The molecule has 0 aliphatic rings. The summed E-state index contributed by atoms with van der Waals surface area (Å²) in [4.78, 5) is 25.0. The molecule has 0 radical (unpaired) electrons. The van der Waals surface area contributed by atoms with E-state index in [0.717, 1.165) is 30.1 Å². The first-order chi connectivity index (χ1) is 14.1. The summed E-state index contributed by atoms with van der Waals surface area (Å²) in [5, 5.41) is 6.59. The van der Waals surface area contributed by atoms with Gasteiger partial charge in [-0.2, -0.15) is 0 Å². The van der Waals surface area contributed by atoms with E-state index in [-0.39, 0.29) is 18.4 Å². The molecule has 0 bridgehead atoms. The molecule has 8 heteroatoms. The van der Waals surface area contributed by atoms with E-state index >= 15 is 0 Å². The van der Waals surface area contributed by atoms with Gasteiger partial charge in [0, 0.05) is 17.7 Å². The Balaban J connectivity index is 2.76. The molecule has 0 unspecified atom stereocenters. The summed E-state index contributed by atoms with van der Waals surface area (Å²) in [6.07, 6.45) is 4.72. The van der Waals surface area contributed by atoms with Gasteiger partial charge in [-0.1, -0.05) is 70.0 Å². The van der Waals surface area contributed by atoms with Gasteiger partial charge in [-0.05, 0) is 24.3 Å². The highest BCUT2D eigenvalue weighted by Crippen LogP contribution is 2.09. The van der Waals surface area contributed by atoms with Crippen molar-refractivity contribution in [3.8, 4) is 0 Å². The molecule has 2 atom stereocenters. The van der Waals surface area contributed by atoms with Crippen molar-refractivity contribution in [2.24, 2.45) is 5.92 Å². The molecule has 2 N–H and O–H groups in total. The van der Waals surface area contributed by atoms with E-state index in [4.69, 9.17) is 4.74 Å². The van der Waals surface area contributed by atoms with E-state index < -0.39 is 28.0 Å². The minimum absolute atomic E-state index is 0.110. The second kappa shape index (κ2) is 13.1. The van der Waals surface area contributed by atoms with Gasteiger partial charge in [0.2, 0.25) is 5.91 Å². The molecule has 1 rings (SSSR count). The van der Waals surface area contributed by atoms with Crippen LogP contribution < -0.4 is 10.6 Å². The second-order valence-corrected chi connectivity index (χ2v) is 9.73. The zero-order valence-electron chi connectivity index (χ0n) is 18.3. The van der Waals surface area contributed by atoms with E-state index in [1.165, 1.54) is 6.08 Å². The Hall–Kier alpha value is -2.35. The van der Waals surface area contributed by atoms with Crippen molar-refractivity contribution in [1.29, 1.82) is 0 Å². The van der Waals surface area contributed by atoms with Crippen LogP contribution in [0, 0.1) is 5.92 Å². The molecular weight excluding hydrogens is 404 g/mol. The lowest BCUT2D eigenvalue weighted by molar-refractivity contribution is -0.123. The summed E-state index contributed by atoms with van der Waals surface area (Å²) in [6, 6.07) is 8.07. The van der Waals surface area contributed by atoms with Crippen LogP contribution in [0.5, 0.6) is 0 Å². The normalized spacial score (nSPS) is 13.8. The third-order valence-corrected chi connectivity index (χ3v) is 4.93. The van der Waals surface area contributed by atoms with Crippen molar-refractivity contribution >= 4 is 21.8 Å². The van der Waals surface area contributed by atoms with Gasteiger partial charge in [-0.3, -0.25) is 4.79 Å². The van der Waals surface area contributed by atoms with E-state index in [2.05, 4.69) is 10.6 Å². The molecule has 0 spiro atoms. The maximum Gasteiger partial charge on any atom is 0.408 e. The first-order valence-corrected chi connectivity index (χ1v) is 12.2. The molecule has 0 saturated heterocycles. The molecule has 1 aromatic rings. The van der Waals surface area contributed by atoms with E-state index in [1.54, 1.807) is 0 Å². The Morgan fingerprint density at radius 2 is 1.80 bits per heavy atom. The fraction of sp³-hybridized carbons (Fsp3) is 0.545. The van der Waals surface area contributed by atoms with Crippen LogP contribution in [0.1, 0.15) is 52.0 Å². The third kappa shape index (κ3) is 11.6. The molecule has 30 heavy (non-hydrogen) atoms. The van der Waals surface area contributed by atoms with Gasteiger partial charge in [0.1, 0.15) is 12.6 Å². The van der Waals surface area contributed by atoms with Crippen molar-refractivity contribution < 1.29 is 22.7 Å². The SMILES string of the molecule is CCCC[C@@H](/C=C/S(C)(=O)=O)NC(=O)[C@H](CC(C)C)NC(=O)OCc1ccccc1. The van der Waals surface area contributed by atoms with Crippen LogP contribution in [0.3, 0.4) is 0 Å². The quantitative estimate of drug-likeness (QED) is 0.520. The van der Waals surface area contributed by atoms with Crippen LogP contribution in [-0.2, 0) is 26.0 Å². The summed E-state index contributed by atoms with van der Waals surface area (Å²) < 4.78 is 28.1. The van der Waals surface area contributed by atoms with E-state index in [0.29, 0.717) is 12.8 Å². The maximum atomic E-state index is 12.8. The highest BCUT2D eigenvalue weighted by atomic mass is 32.2. The van der Waals surface area contributed by atoms with Gasteiger partial charge in [0.25, 0.3) is 0 Å². The molecule has 168 valence electrons. The molecule has 0 heterocycles. The third-order valence-electron chi connectivity index (χ3n) is 4.28. The number of carbonyl (C=O) groups excluding carboxylic acids is 2. The topological polar surface area (TPSA) is 102 Å². The fourth-order valence-corrected chi connectivity index (χ4v) is 3.25. The lowest BCUT2D eigenvalue weighted by Gasteiger charge is -2.23. The minimum Gasteiger partial charge on any atom is -0.445 e. The number of hydrogen-bond acceptors (Lipinski definition) is 5. The van der Waals surface area contributed by atoms with Crippen molar-refractivity contribution in [2.75, 3.05) is 6.26 Å². The number of nitrogens with one attached hydrogen (secondary N) is 2. The van der Waals surface area contributed by atoms with Crippen molar-refractivity contribution in [1.82, 2.24) is 10.6 Å². The summed E-state index contributed by atoms with van der Waals surface area (Å²) >= 11 is 0. The zero-order chi connectivity index (χ0) is 22.6. The summed E-state index contributed by atoms with van der Waals surface area (Å²) in [5.74, 6) is -0.199. The summed E-state index contributed by atoms with van der Waals surface area (Å²) in [6.45, 7) is 6.04. The second-order valence-electron chi connectivity index (χ2n) is 7.80. The van der Waals surface area contributed by atoms with Crippen molar-refractivity contribution in [3.63, 3.8) is 0 Å². The summed E-state index contributed by atoms with van der Waals surface area (Å²) in [5.41, 5.74) is 0.850. The average Bonchev–Trinajstić information content (AvgIpc) is 2.67. The van der Waals surface area contributed by atoms with Crippen LogP contribution in [-0.4, -0.2) is 38.8 Å².